The minimum Gasteiger partial charge on any atom is -0.379 e. The summed E-state index contributed by atoms with van der Waals surface area (Å²) in [4.78, 5) is 12.9. The minimum absolute atomic E-state index is 0.0489. The van der Waals surface area contributed by atoms with E-state index in [0.717, 1.165) is 11.1 Å². The van der Waals surface area contributed by atoms with Crippen LogP contribution in [0.2, 0.25) is 5.02 Å². The zero-order valence-corrected chi connectivity index (χ0v) is 18.3. The lowest BCUT2D eigenvalue weighted by Crippen LogP contribution is -2.40. The lowest BCUT2D eigenvalue weighted by molar-refractivity contribution is 0.0730. The minimum atomic E-state index is -3.71. The van der Waals surface area contributed by atoms with Gasteiger partial charge in [0.2, 0.25) is 10.0 Å². The van der Waals surface area contributed by atoms with E-state index in [1.54, 1.807) is 0 Å². The molecule has 2 aromatic rings. The zero-order chi connectivity index (χ0) is 21.2. The van der Waals surface area contributed by atoms with E-state index in [4.69, 9.17) is 16.3 Å². The fourth-order valence-electron chi connectivity index (χ4n) is 3.17. The Hall–Kier alpha value is -1.93. The molecule has 0 aliphatic carbocycles. The van der Waals surface area contributed by atoms with Crippen molar-refractivity contribution in [1.82, 2.24) is 9.62 Å². The van der Waals surface area contributed by atoms with Crippen molar-refractivity contribution in [2.75, 3.05) is 26.3 Å². The summed E-state index contributed by atoms with van der Waals surface area (Å²) in [6, 6.07) is 9.97. The van der Waals surface area contributed by atoms with Crippen LogP contribution in [0.15, 0.2) is 41.3 Å². The van der Waals surface area contributed by atoms with E-state index in [1.165, 1.54) is 28.1 Å². The Bertz CT molecular complexity index is 1020. The van der Waals surface area contributed by atoms with Crippen LogP contribution in [0, 0.1) is 13.8 Å². The highest BCUT2D eigenvalue weighted by Gasteiger charge is 2.28. The number of sulfonamides is 1. The molecule has 1 heterocycles. The highest BCUT2D eigenvalue weighted by Crippen LogP contribution is 2.25. The zero-order valence-electron chi connectivity index (χ0n) is 16.7. The molecule has 0 aromatic heterocycles. The second-order valence-electron chi connectivity index (χ2n) is 7.20. The van der Waals surface area contributed by atoms with Gasteiger partial charge in [0.05, 0.1) is 34.7 Å². The molecule has 8 heteroatoms. The van der Waals surface area contributed by atoms with Crippen molar-refractivity contribution in [3.8, 4) is 0 Å². The predicted octanol–water partition coefficient (Wildman–Crippen LogP) is 3.47. The quantitative estimate of drug-likeness (QED) is 0.778. The summed E-state index contributed by atoms with van der Waals surface area (Å²) in [5, 5.41) is 3.11. The van der Waals surface area contributed by atoms with Gasteiger partial charge in [-0.1, -0.05) is 29.8 Å². The number of benzene rings is 2. The summed E-state index contributed by atoms with van der Waals surface area (Å²) < 4.78 is 32.3. The van der Waals surface area contributed by atoms with Crippen LogP contribution in [0.4, 0.5) is 0 Å². The fourth-order valence-corrected chi connectivity index (χ4v) is 4.80. The van der Waals surface area contributed by atoms with Crippen LogP contribution in [0.5, 0.6) is 0 Å². The fraction of sp³-hybridized carbons (Fsp3) is 0.381. The molecule has 0 unspecified atom stereocenters. The van der Waals surface area contributed by atoms with Crippen LogP contribution in [0.3, 0.4) is 0 Å². The maximum atomic E-state index is 12.9. The van der Waals surface area contributed by atoms with Crippen molar-refractivity contribution in [3.63, 3.8) is 0 Å². The molecule has 1 fully saturated rings. The van der Waals surface area contributed by atoms with Crippen molar-refractivity contribution in [2.24, 2.45) is 0 Å². The monoisotopic (exact) mass is 436 g/mol. The molecule has 0 saturated carbocycles. The van der Waals surface area contributed by atoms with E-state index in [1.807, 2.05) is 39.0 Å². The lowest BCUT2D eigenvalue weighted by Gasteiger charge is -2.26. The summed E-state index contributed by atoms with van der Waals surface area (Å²) >= 11 is 6.21. The van der Waals surface area contributed by atoms with Gasteiger partial charge >= 0.3 is 0 Å². The van der Waals surface area contributed by atoms with Crippen molar-refractivity contribution in [2.45, 2.75) is 31.7 Å². The molecule has 156 valence electrons. The third kappa shape index (κ3) is 4.80. The van der Waals surface area contributed by atoms with Crippen LogP contribution in [-0.2, 0) is 14.8 Å². The van der Waals surface area contributed by atoms with E-state index < -0.39 is 15.9 Å². The maximum absolute atomic E-state index is 12.9. The first kappa shape index (κ1) is 21.8. The molecule has 3 rings (SSSR count). The number of ether oxygens (including phenoxy) is 1. The number of nitrogens with one attached hydrogen (secondary N) is 1. The first-order chi connectivity index (χ1) is 13.7. The van der Waals surface area contributed by atoms with Gasteiger partial charge < -0.3 is 10.1 Å². The summed E-state index contributed by atoms with van der Waals surface area (Å²) in [5.74, 6) is -0.417. The highest BCUT2D eigenvalue weighted by atomic mass is 35.5. The molecular formula is C21H25ClN2O4S. The molecule has 1 N–H and O–H groups in total. The first-order valence-corrected chi connectivity index (χ1v) is 11.3. The number of hydrogen-bond acceptors (Lipinski definition) is 4. The van der Waals surface area contributed by atoms with Gasteiger partial charge in [0.25, 0.3) is 5.91 Å². The molecule has 1 saturated heterocycles. The molecule has 1 aliphatic heterocycles. The number of aryl methyl sites for hydroxylation is 2. The van der Waals surface area contributed by atoms with Crippen LogP contribution in [-0.4, -0.2) is 44.9 Å². The molecule has 1 atom stereocenters. The van der Waals surface area contributed by atoms with Crippen LogP contribution < -0.4 is 5.32 Å². The largest absolute Gasteiger partial charge is 0.379 e. The van der Waals surface area contributed by atoms with Gasteiger partial charge in [-0.3, -0.25) is 4.79 Å². The molecule has 2 aromatic carbocycles. The molecule has 1 amide bonds. The number of amides is 1. The van der Waals surface area contributed by atoms with Crippen molar-refractivity contribution < 1.29 is 17.9 Å². The van der Waals surface area contributed by atoms with Crippen molar-refractivity contribution >= 4 is 27.5 Å². The molecule has 29 heavy (non-hydrogen) atoms. The first-order valence-electron chi connectivity index (χ1n) is 9.45. The third-order valence-corrected chi connectivity index (χ3v) is 7.39. The second kappa shape index (κ2) is 8.83. The van der Waals surface area contributed by atoms with E-state index in [2.05, 4.69) is 5.32 Å². The number of carbonyl (C=O) groups is 1. The third-order valence-electron chi connectivity index (χ3n) is 5.17. The van der Waals surface area contributed by atoms with Crippen LogP contribution >= 0.6 is 11.6 Å². The Labute approximate surface area is 176 Å². The Balaban J connectivity index is 1.83. The number of hydrogen-bond donors (Lipinski definition) is 1. The smallest absolute Gasteiger partial charge is 0.253 e. The van der Waals surface area contributed by atoms with Crippen LogP contribution in [0.1, 0.15) is 40.0 Å². The average Bonchev–Trinajstić information content (AvgIpc) is 2.70. The number of carbonyl (C=O) groups excluding carboxylic acids is 1. The van der Waals surface area contributed by atoms with Gasteiger partial charge in [-0.15, -0.1) is 0 Å². The molecule has 1 aliphatic rings. The predicted molar refractivity (Wildman–Crippen MR) is 113 cm³/mol. The Morgan fingerprint density at radius 2 is 1.79 bits per heavy atom. The van der Waals surface area contributed by atoms with E-state index in [0.29, 0.717) is 13.2 Å². The standard InChI is InChI=1S/C21H25ClN2O4S/c1-14-4-5-17(12-15(14)2)16(3)23-21(25)19-13-18(6-7-20(19)22)29(26,27)24-8-10-28-11-9-24/h4-7,12-13,16H,8-11H2,1-3H3,(H,23,25)/t16-/m0/s1. The molecule has 0 spiro atoms. The van der Waals surface area contributed by atoms with Gasteiger partial charge in [-0.05, 0) is 55.7 Å². The summed E-state index contributed by atoms with van der Waals surface area (Å²) in [7, 11) is -3.71. The van der Waals surface area contributed by atoms with Gasteiger partial charge in [-0.25, -0.2) is 8.42 Å². The molecular weight excluding hydrogens is 412 g/mol. The topological polar surface area (TPSA) is 75.7 Å². The average molecular weight is 437 g/mol. The highest BCUT2D eigenvalue weighted by molar-refractivity contribution is 7.89. The summed E-state index contributed by atoms with van der Waals surface area (Å²) in [5.41, 5.74) is 3.42. The maximum Gasteiger partial charge on any atom is 0.253 e. The SMILES string of the molecule is Cc1ccc([C@H](C)NC(=O)c2cc(S(=O)(=O)N3CCOCC3)ccc2Cl)cc1C. The molecule has 0 bridgehead atoms. The van der Waals surface area contributed by atoms with Crippen molar-refractivity contribution in [1.29, 1.82) is 0 Å². The normalized spacial score (nSPS) is 16.4. The Morgan fingerprint density at radius 1 is 1.10 bits per heavy atom. The number of morpholine rings is 1. The summed E-state index contributed by atoms with van der Waals surface area (Å²) in [6.07, 6.45) is 0. The number of rotatable bonds is 5. The van der Waals surface area contributed by atoms with Gasteiger partial charge in [0, 0.05) is 13.1 Å². The van der Waals surface area contributed by atoms with Gasteiger partial charge in [0.1, 0.15) is 0 Å². The van der Waals surface area contributed by atoms with E-state index in [9.17, 15) is 13.2 Å². The van der Waals surface area contributed by atoms with E-state index >= 15 is 0 Å². The molecule has 6 nitrogen and oxygen atoms in total. The number of halogens is 1. The van der Waals surface area contributed by atoms with E-state index in [-0.39, 0.29) is 34.6 Å². The number of nitrogens with zero attached hydrogens (tertiary/aromatic N) is 1. The Kier molecular flexibility index (Phi) is 6.63. The van der Waals surface area contributed by atoms with Crippen molar-refractivity contribution in [3.05, 3.63) is 63.7 Å². The lowest BCUT2D eigenvalue weighted by atomic mass is 10.0. The summed E-state index contributed by atoms with van der Waals surface area (Å²) in [6.45, 7) is 7.21. The van der Waals surface area contributed by atoms with Gasteiger partial charge in [0.15, 0.2) is 0 Å². The van der Waals surface area contributed by atoms with Gasteiger partial charge in [-0.2, -0.15) is 4.31 Å². The second-order valence-corrected chi connectivity index (χ2v) is 9.54. The van der Waals surface area contributed by atoms with Crippen LogP contribution in [0.25, 0.3) is 0 Å². The Morgan fingerprint density at radius 3 is 2.45 bits per heavy atom. The molecule has 0 radical (unpaired) electrons.